The second kappa shape index (κ2) is 12.0. The van der Waals surface area contributed by atoms with Crippen LogP contribution < -0.4 is 5.32 Å². The van der Waals surface area contributed by atoms with Crippen LogP contribution in [0.1, 0.15) is 25.3 Å². The summed E-state index contributed by atoms with van der Waals surface area (Å²) in [5.74, 6) is 0.598. The Bertz CT molecular complexity index is 362. The van der Waals surface area contributed by atoms with Crippen LogP contribution in [-0.4, -0.2) is 40.0 Å². The molecule has 0 aliphatic heterocycles. The van der Waals surface area contributed by atoms with Gasteiger partial charge < -0.3 is 14.8 Å². The summed E-state index contributed by atoms with van der Waals surface area (Å²) in [6.45, 7) is 6.33. The van der Waals surface area contributed by atoms with Gasteiger partial charge in [0.05, 0.1) is 6.61 Å². The minimum absolute atomic E-state index is 0.598. The van der Waals surface area contributed by atoms with E-state index in [1.165, 1.54) is 5.56 Å². The van der Waals surface area contributed by atoms with Gasteiger partial charge in [0, 0.05) is 31.9 Å². The molecule has 120 valence electrons. The maximum Gasteiger partial charge on any atom is 0.0587 e. The Morgan fingerprint density at radius 3 is 2.86 bits per heavy atom. The zero-order valence-corrected chi connectivity index (χ0v) is 14.0. The summed E-state index contributed by atoms with van der Waals surface area (Å²) in [6, 6.07) is 8.15. The molecule has 4 heteroatoms. The second-order valence-corrected chi connectivity index (χ2v) is 5.67. The highest BCUT2D eigenvalue weighted by Gasteiger charge is 2.10. The molecule has 0 aliphatic carbocycles. The van der Waals surface area contributed by atoms with E-state index >= 15 is 0 Å². The lowest BCUT2D eigenvalue weighted by Crippen LogP contribution is -2.27. The largest absolute Gasteiger partial charge is 0.383 e. The number of methoxy groups -OCH3 is 1. The van der Waals surface area contributed by atoms with Crippen LogP contribution in [0, 0.1) is 5.92 Å². The molecule has 0 saturated heterocycles. The number of ether oxygens (including phenoxy) is 2. The monoisotopic (exact) mass is 313 g/mol. The van der Waals surface area contributed by atoms with Crippen LogP contribution in [-0.2, 0) is 15.9 Å². The third kappa shape index (κ3) is 9.10. The lowest BCUT2D eigenvalue weighted by Gasteiger charge is -2.18. The van der Waals surface area contributed by atoms with Crippen molar-refractivity contribution in [3.05, 3.63) is 34.9 Å². The van der Waals surface area contributed by atoms with E-state index in [9.17, 15) is 0 Å². The zero-order chi connectivity index (χ0) is 15.3. The zero-order valence-electron chi connectivity index (χ0n) is 13.2. The van der Waals surface area contributed by atoms with Crippen LogP contribution in [0.15, 0.2) is 24.3 Å². The fourth-order valence-electron chi connectivity index (χ4n) is 2.37. The minimum atomic E-state index is 0.598. The van der Waals surface area contributed by atoms with E-state index in [0.717, 1.165) is 57.2 Å². The fourth-order valence-corrected chi connectivity index (χ4v) is 2.59. The highest BCUT2D eigenvalue weighted by molar-refractivity contribution is 6.30. The molecule has 0 spiro atoms. The van der Waals surface area contributed by atoms with Gasteiger partial charge >= 0.3 is 0 Å². The van der Waals surface area contributed by atoms with E-state index < -0.39 is 0 Å². The molecule has 0 amide bonds. The van der Waals surface area contributed by atoms with E-state index in [1.807, 2.05) is 19.1 Å². The maximum absolute atomic E-state index is 6.07. The molecule has 1 N–H and O–H groups in total. The first-order valence-corrected chi connectivity index (χ1v) is 8.16. The topological polar surface area (TPSA) is 30.5 Å². The Kier molecular flexibility index (Phi) is 10.5. The predicted octanol–water partition coefficient (Wildman–Crippen LogP) is 3.55. The highest BCUT2D eigenvalue weighted by atomic mass is 35.5. The molecule has 0 aromatic heterocycles. The predicted molar refractivity (Wildman–Crippen MR) is 89.1 cm³/mol. The summed E-state index contributed by atoms with van der Waals surface area (Å²) in [5, 5.41) is 4.28. The summed E-state index contributed by atoms with van der Waals surface area (Å²) in [7, 11) is 1.73. The molecule has 1 unspecified atom stereocenters. The van der Waals surface area contributed by atoms with Crippen molar-refractivity contribution in [3.8, 4) is 0 Å². The van der Waals surface area contributed by atoms with Gasteiger partial charge in [-0.2, -0.15) is 0 Å². The summed E-state index contributed by atoms with van der Waals surface area (Å²) in [6.07, 6.45) is 3.31. The van der Waals surface area contributed by atoms with Gasteiger partial charge in [-0.25, -0.2) is 0 Å². The van der Waals surface area contributed by atoms with Crippen molar-refractivity contribution in [2.75, 3.05) is 40.0 Å². The minimum Gasteiger partial charge on any atom is -0.383 e. The SMILES string of the molecule is CCOCCCC(CNCCOC)Cc1cccc(Cl)c1. The van der Waals surface area contributed by atoms with Crippen LogP contribution >= 0.6 is 11.6 Å². The first-order valence-electron chi connectivity index (χ1n) is 7.78. The van der Waals surface area contributed by atoms with E-state index in [-0.39, 0.29) is 0 Å². The van der Waals surface area contributed by atoms with E-state index in [0.29, 0.717) is 5.92 Å². The van der Waals surface area contributed by atoms with E-state index in [2.05, 4.69) is 17.4 Å². The molecule has 0 fully saturated rings. The first-order chi connectivity index (χ1) is 10.3. The summed E-state index contributed by atoms with van der Waals surface area (Å²) in [5.41, 5.74) is 1.30. The van der Waals surface area contributed by atoms with Crippen molar-refractivity contribution in [1.29, 1.82) is 0 Å². The van der Waals surface area contributed by atoms with Gasteiger partial charge in [0.1, 0.15) is 0 Å². The van der Waals surface area contributed by atoms with Crippen molar-refractivity contribution >= 4 is 11.6 Å². The Labute approximate surface area is 134 Å². The van der Waals surface area contributed by atoms with E-state index in [4.69, 9.17) is 21.1 Å². The number of halogens is 1. The van der Waals surface area contributed by atoms with Crippen molar-refractivity contribution in [2.45, 2.75) is 26.2 Å². The van der Waals surface area contributed by atoms with Crippen LogP contribution in [0.25, 0.3) is 0 Å². The molecular weight excluding hydrogens is 286 g/mol. The molecule has 1 atom stereocenters. The van der Waals surface area contributed by atoms with Crippen molar-refractivity contribution in [3.63, 3.8) is 0 Å². The Morgan fingerprint density at radius 1 is 1.29 bits per heavy atom. The average molecular weight is 314 g/mol. The van der Waals surface area contributed by atoms with Gasteiger partial charge in [0.15, 0.2) is 0 Å². The van der Waals surface area contributed by atoms with Gasteiger partial charge in [0.2, 0.25) is 0 Å². The normalized spacial score (nSPS) is 12.5. The summed E-state index contributed by atoms with van der Waals surface area (Å²) < 4.78 is 10.5. The fraction of sp³-hybridized carbons (Fsp3) is 0.647. The molecular formula is C17H28ClNO2. The molecule has 1 rings (SSSR count). The molecule has 1 aromatic rings. The van der Waals surface area contributed by atoms with Gasteiger partial charge in [-0.1, -0.05) is 23.7 Å². The third-order valence-electron chi connectivity index (χ3n) is 3.43. The Morgan fingerprint density at radius 2 is 2.14 bits per heavy atom. The lowest BCUT2D eigenvalue weighted by atomic mass is 9.95. The molecule has 1 aromatic carbocycles. The van der Waals surface area contributed by atoms with Crippen LogP contribution in [0.2, 0.25) is 5.02 Å². The van der Waals surface area contributed by atoms with Crippen LogP contribution in [0.4, 0.5) is 0 Å². The Balaban J connectivity index is 2.41. The standard InChI is InChI=1S/C17H28ClNO2/c1-3-21-10-5-7-16(14-19-9-11-20-2)12-15-6-4-8-17(18)13-15/h4,6,8,13,16,19H,3,5,7,9-12,14H2,1-2H3. The van der Waals surface area contributed by atoms with Crippen molar-refractivity contribution < 1.29 is 9.47 Å². The quantitative estimate of drug-likeness (QED) is 0.599. The number of rotatable bonds is 12. The average Bonchev–Trinajstić information content (AvgIpc) is 2.48. The van der Waals surface area contributed by atoms with Crippen LogP contribution in [0.3, 0.4) is 0 Å². The number of benzene rings is 1. The maximum atomic E-state index is 6.07. The molecule has 3 nitrogen and oxygen atoms in total. The molecule has 0 bridgehead atoms. The highest BCUT2D eigenvalue weighted by Crippen LogP contribution is 2.17. The van der Waals surface area contributed by atoms with E-state index in [1.54, 1.807) is 7.11 Å². The molecule has 0 aliphatic rings. The molecule has 0 saturated carbocycles. The van der Waals surface area contributed by atoms with Gasteiger partial charge in [-0.15, -0.1) is 0 Å². The third-order valence-corrected chi connectivity index (χ3v) is 3.67. The number of hydrogen-bond acceptors (Lipinski definition) is 3. The Hall–Kier alpha value is -0.610. The van der Waals surface area contributed by atoms with Gasteiger partial charge in [-0.3, -0.25) is 0 Å². The lowest BCUT2D eigenvalue weighted by molar-refractivity contribution is 0.139. The second-order valence-electron chi connectivity index (χ2n) is 5.24. The van der Waals surface area contributed by atoms with Gasteiger partial charge in [0.25, 0.3) is 0 Å². The van der Waals surface area contributed by atoms with Crippen LogP contribution in [0.5, 0.6) is 0 Å². The summed E-state index contributed by atoms with van der Waals surface area (Å²) >= 11 is 6.07. The smallest absolute Gasteiger partial charge is 0.0587 e. The van der Waals surface area contributed by atoms with Crippen molar-refractivity contribution in [2.24, 2.45) is 5.92 Å². The number of nitrogens with one attached hydrogen (secondary N) is 1. The number of hydrogen-bond donors (Lipinski definition) is 1. The molecule has 0 radical (unpaired) electrons. The van der Waals surface area contributed by atoms with Crippen molar-refractivity contribution in [1.82, 2.24) is 5.32 Å². The van der Waals surface area contributed by atoms with Gasteiger partial charge in [-0.05, 0) is 56.3 Å². The summed E-state index contributed by atoms with van der Waals surface area (Å²) in [4.78, 5) is 0. The first kappa shape index (κ1) is 18.4. The molecule has 0 heterocycles. The molecule has 21 heavy (non-hydrogen) atoms.